The van der Waals surface area contributed by atoms with Crippen molar-refractivity contribution in [3.8, 4) is 28.6 Å². The van der Waals surface area contributed by atoms with Crippen LogP contribution in [-0.2, 0) is 0 Å². The number of hydrogen-bond donors (Lipinski definition) is 0. The number of para-hydroxylation sites is 9. The predicted molar refractivity (Wildman–Crippen MR) is 335 cm³/mol. The highest BCUT2D eigenvalue weighted by Crippen LogP contribution is 2.48. The minimum absolute atomic E-state index is 0.118. The zero-order chi connectivity index (χ0) is 51.9. The first-order valence-electron chi connectivity index (χ1n) is 27.7. The number of ether oxygens (including phenoxy) is 1. The molecule has 0 fully saturated rings. The minimum atomic E-state index is -0.120. The van der Waals surface area contributed by atoms with E-state index in [1.165, 1.54) is 92.8 Å². The van der Waals surface area contributed by atoms with Gasteiger partial charge in [0.25, 0.3) is 13.4 Å². The first kappa shape index (κ1) is 42.7. The van der Waals surface area contributed by atoms with Gasteiger partial charge in [0.05, 0.1) is 39.0 Å². The standard InChI is InChI=1S/C72H43B2N5O/c1-3-20-44(21-4-1)75-63-37-18-12-30-54(63)73-56-42-57-68(43-64(56)76(45-22-5-2-6-23-45)66-39-46(38-65(75)70(66)73)77-58-32-13-7-24-48(58)49-25-8-14-33-59(49)77)80-69-41-47(78-60-34-15-9-26-50(60)51-27-10-16-35-61(51)78)40-67-71(69)74(57)55-31-19-29-53-52-28-11-17-36-62(52)79(67)72(53)55/h1-43H. The molecule has 0 N–H and O–H groups in total. The second kappa shape index (κ2) is 15.6. The summed E-state index contributed by atoms with van der Waals surface area (Å²) in [5.41, 5.74) is 24.6. The van der Waals surface area contributed by atoms with Crippen molar-refractivity contribution in [2.45, 2.75) is 0 Å². The molecule has 368 valence electrons. The third-order valence-electron chi connectivity index (χ3n) is 18.0. The van der Waals surface area contributed by atoms with Crippen LogP contribution in [0.5, 0.6) is 11.5 Å². The summed E-state index contributed by atoms with van der Waals surface area (Å²) in [5.74, 6) is 1.74. The number of rotatable bonds is 4. The SMILES string of the molecule is c1ccc(N2c3ccccc3B3c4cc5c(cc4N(c4ccccc4)c4cc(-n6c7ccccc7c7ccccc76)cc2c43)Oc2cc(-n3c4ccccc4c4ccccc43)cc3c2B5c2cccc4c5ccccc5n-3c24)cc1. The third kappa shape index (κ3) is 5.49. The van der Waals surface area contributed by atoms with Gasteiger partial charge in [-0.25, -0.2) is 0 Å². The Bertz CT molecular complexity index is 5110. The van der Waals surface area contributed by atoms with Gasteiger partial charge in [-0.15, -0.1) is 0 Å². The largest absolute Gasteiger partial charge is 0.458 e. The molecule has 80 heavy (non-hydrogen) atoms. The highest BCUT2D eigenvalue weighted by molar-refractivity contribution is 7.02. The van der Waals surface area contributed by atoms with E-state index < -0.39 is 0 Å². The van der Waals surface area contributed by atoms with E-state index >= 15 is 0 Å². The van der Waals surface area contributed by atoms with Crippen molar-refractivity contribution in [1.82, 2.24) is 13.7 Å². The lowest BCUT2D eigenvalue weighted by atomic mass is 9.30. The average Bonchev–Trinajstić information content (AvgIpc) is 4.03. The Kier molecular flexibility index (Phi) is 8.33. The second-order valence-electron chi connectivity index (χ2n) is 21.9. The zero-order valence-electron chi connectivity index (χ0n) is 43.1. The molecule has 3 aromatic heterocycles. The molecular weight excluding hydrogens is 972 g/mol. The summed E-state index contributed by atoms with van der Waals surface area (Å²) < 4.78 is 15.1. The summed E-state index contributed by atoms with van der Waals surface area (Å²) >= 11 is 0. The van der Waals surface area contributed by atoms with Crippen molar-refractivity contribution in [2.24, 2.45) is 0 Å². The van der Waals surface area contributed by atoms with Gasteiger partial charge < -0.3 is 28.2 Å². The van der Waals surface area contributed by atoms with E-state index in [1.54, 1.807) is 0 Å². The summed E-state index contributed by atoms with van der Waals surface area (Å²) in [6, 6.07) is 96.8. The third-order valence-corrected chi connectivity index (χ3v) is 18.0. The monoisotopic (exact) mass is 1020 g/mol. The molecule has 0 radical (unpaired) electrons. The van der Waals surface area contributed by atoms with E-state index in [1.807, 2.05) is 0 Å². The topological polar surface area (TPSA) is 30.5 Å². The second-order valence-corrected chi connectivity index (χ2v) is 21.9. The number of hydrogen-bond acceptors (Lipinski definition) is 3. The number of nitrogens with zero attached hydrogens (tertiary/aromatic N) is 5. The van der Waals surface area contributed by atoms with Crippen LogP contribution in [0, 0.1) is 0 Å². The Balaban J connectivity index is 0.924. The maximum atomic E-state index is 7.69. The van der Waals surface area contributed by atoms with Crippen molar-refractivity contribution in [3.63, 3.8) is 0 Å². The van der Waals surface area contributed by atoms with Crippen LogP contribution in [0.15, 0.2) is 261 Å². The molecular formula is C72H43B2N5O. The lowest BCUT2D eigenvalue weighted by Gasteiger charge is -2.45. The fourth-order valence-corrected chi connectivity index (χ4v) is 14.9. The molecule has 15 aromatic rings. The molecule has 0 spiro atoms. The van der Waals surface area contributed by atoms with Gasteiger partial charge in [-0.05, 0) is 112 Å². The maximum Gasteiger partial charge on any atom is 0.256 e. The molecule has 0 amide bonds. The van der Waals surface area contributed by atoms with Gasteiger partial charge in [0.15, 0.2) is 0 Å². The number of benzene rings is 12. The lowest BCUT2D eigenvalue weighted by Crippen LogP contribution is -2.64. The van der Waals surface area contributed by atoms with Crippen molar-refractivity contribution < 1.29 is 4.74 Å². The Morgan fingerprint density at radius 3 is 1.27 bits per heavy atom. The van der Waals surface area contributed by atoms with Crippen LogP contribution in [-0.4, -0.2) is 27.1 Å². The van der Waals surface area contributed by atoms with Gasteiger partial charge in [0.2, 0.25) is 0 Å². The molecule has 0 aliphatic carbocycles. The highest BCUT2D eigenvalue weighted by atomic mass is 16.5. The van der Waals surface area contributed by atoms with Crippen molar-refractivity contribution in [3.05, 3.63) is 261 Å². The summed E-state index contributed by atoms with van der Waals surface area (Å²) in [7, 11) is 0. The Labute approximate surface area is 460 Å². The minimum Gasteiger partial charge on any atom is -0.458 e. The molecule has 0 atom stereocenters. The van der Waals surface area contributed by atoms with Gasteiger partial charge >= 0.3 is 0 Å². The highest BCUT2D eigenvalue weighted by Gasteiger charge is 2.47. The van der Waals surface area contributed by atoms with Gasteiger partial charge in [0.1, 0.15) is 11.5 Å². The van der Waals surface area contributed by atoms with E-state index in [-0.39, 0.29) is 13.4 Å². The zero-order valence-corrected chi connectivity index (χ0v) is 43.1. The van der Waals surface area contributed by atoms with Gasteiger partial charge in [0, 0.05) is 89.8 Å². The van der Waals surface area contributed by atoms with Gasteiger partial charge in [-0.3, -0.25) is 0 Å². The molecule has 8 heteroatoms. The summed E-state index contributed by atoms with van der Waals surface area (Å²) in [6.45, 7) is -0.238. The first-order valence-corrected chi connectivity index (χ1v) is 27.7. The average molecular weight is 1020 g/mol. The Hall–Kier alpha value is -10.4. The lowest BCUT2D eigenvalue weighted by molar-refractivity contribution is 0.487. The number of fused-ring (bicyclic) bond motifs is 17. The van der Waals surface area contributed by atoms with Crippen molar-refractivity contribution in [2.75, 3.05) is 9.80 Å². The molecule has 4 aliphatic rings. The van der Waals surface area contributed by atoms with Crippen LogP contribution >= 0.6 is 0 Å². The maximum absolute atomic E-state index is 7.69. The molecule has 12 aromatic carbocycles. The van der Waals surface area contributed by atoms with Crippen molar-refractivity contribution >= 4 is 146 Å². The van der Waals surface area contributed by atoms with Crippen LogP contribution in [0.25, 0.3) is 82.5 Å². The smallest absolute Gasteiger partial charge is 0.256 e. The van der Waals surface area contributed by atoms with Crippen LogP contribution < -0.4 is 47.3 Å². The first-order chi connectivity index (χ1) is 39.7. The molecule has 19 rings (SSSR count). The van der Waals surface area contributed by atoms with E-state index in [2.05, 4.69) is 284 Å². The molecule has 0 unspecified atom stereocenters. The number of aromatic nitrogens is 3. The molecule has 0 saturated heterocycles. The number of anilines is 6. The van der Waals surface area contributed by atoms with Crippen LogP contribution in [0.4, 0.5) is 34.1 Å². The van der Waals surface area contributed by atoms with Gasteiger partial charge in [-0.1, -0.05) is 170 Å². The fourth-order valence-electron chi connectivity index (χ4n) is 14.9. The summed E-state index contributed by atoms with van der Waals surface area (Å²) in [6.07, 6.45) is 0. The summed E-state index contributed by atoms with van der Waals surface area (Å²) in [5, 5.41) is 7.42. The van der Waals surface area contributed by atoms with E-state index in [0.717, 1.165) is 68.0 Å². The molecule has 4 aliphatic heterocycles. The molecule has 0 bridgehead atoms. The van der Waals surface area contributed by atoms with E-state index in [0.29, 0.717) is 0 Å². The van der Waals surface area contributed by atoms with Crippen LogP contribution in [0.3, 0.4) is 0 Å². The van der Waals surface area contributed by atoms with Crippen molar-refractivity contribution in [1.29, 1.82) is 0 Å². The predicted octanol–water partition coefficient (Wildman–Crippen LogP) is 14.0. The molecule has 6 nitrogen and oxygen atoms in total. The quantitative estimate of drug-likeness (QED) is 0.165. The normalized spacial score (nSPS) is 13.5. The molecule has 7 heterocycles. The van der Waals surface area contributed by atoms with E-state index in [4.69, 9.17) is 4.74 Å². The van der Waals surface area contributed by atoms with Crippen LogP contribution in [0.2, 0.25) is 0 Å². The fraction of sp³-hybridized carbons (Fsp3) is 0. The van der Waals surface area contributed by atoms with Crippen LogP contribution in [0.1, 0.15) is 0 Å². The molecule has 0 saturated carbocycles. The Morgan fingerprint density at radius 1 is 0.250 bits per heavy atom. The Morgan fingerprint density at radius 2 is 0.688 bits per heavy atom. The summed E-state index contributed by atoms with van der Waals surface area (Å²) in [4.78, 5) is 5.04. The van der Waals surface area contributed by atoms with Gasteiger partial charge in [-0.2, -0.15) is 0 Å². The van der Waals surface area contributed by atoms with E-state index in [9.17, 15) is 0 Å².